The molecular formula is C15H17BrFN3O. The molecule has 0 amide bonds. The number of hydrogen-bond acceptors (Lipinski definition) is 3. The Kier molecular flexibility index (Phi) is 5.12. The van der Waals surface area contributed by atoms with E-state index in [4.69, 9.17) is 0 Å². The highest BCUT2D eigenvalue weighted by atomic mass is 79.9. The quantitative estimate of drug-likeness (QED) is 0.897. The van der Waals surface area contributed by atoms with Crippen molar-refractivity contribution in [2.75, 3.05) is 11.9 Å². The summed E-state index contributed by atoms with van der Waals surface area (Å²) in [6, 6.07) is 5.90. The van der Waals surface area contributed by atoms with Gasteiger partial charge in [-0.15, -0.1) is 0 Å². The third-order valence-electron chi connectivity index (χ3n) is 2.92. The molecule has 2 aromatic rings. The lowest BCUT2D eigenvalue weighted by molar-refractivity contribution is 0.616. The van der Waals surface area contributed by atoms with Crippen molar-refractivity contribution >= 4 is 21.6 Å². The molecule has 0 saturated carbocycles. The van der Waals surface area contributed by atoms with Crippen LogP contribution in [-0.4, -0.2) is 16.3 Å². The molecule has 0 aliphatic heterocycles. The van der Waals surface area contributed by atoms with Crippen LogP contribution in [0.2, 0.25) is 0 Å². The number of aromatic nitrogens is 2. The summed E-state index contributed by atoms with van der Waals surface area (Å²) in [5.74, 6) is 0.168. The van der Waals surface area contributed by atoms with Gasteiger partial charge >= 0.3 is 0 Å². The average Bonchev–Trinajstić information content (AvgIpc) is 2.42. The molecule has 0 saturated heterocycles. The Morgan fingerprint density at radius 3 is 2.76 bits per heavy atom. The minimum Gasteiger partial charge on any atom is -0.383 e. The van der Waals surface area contributed by atoms with E-state index >= 15 is 0 Å². The zero-order chi connectivity index (χ0) is 15.4. The molecule has 0 bridgehead atoms. The zero-order valence-electron chi connectivity index (χ0n) is 11.9. The first kappa shape index (κ1) is 15.7. The third kappa shape index (κ3) is 4.39. The van der Waals surface area contributed by atoms with Gasteiger partial charge in [0.2, 0.25) is 0 Å². The second-order valence-electron chi connectivity index (χ2n) is 5.25. The van der Waals surface area contributed by atoms with Gasteiger partial charge in [0.25, 0.3) is 5.56 Å². The van der Waals surface area contributed by atoms with Gasteiger partial charge in [-0.2, -0.15) is 5.10 Å². The maximum atomic E-state index is 13.0. The van der Waals surface area contributed by atoms with Crippen LogP contribution in [0.3, 0.4) is 0 Å². The number of nitrogens with zero attached hydrogens (tertiary/aromatic N) is 2. The summed E-state index contributed by atoms with van der Waals surface area (Å²) in [4.78, 5) is 12.0. The molecule has 21 heavy (non-hydrogen) atoms. The van der Waals surface area contributed by atoms with Crippen LogP contribution in [0, 0.1) is 11.7 Å². The van der Waals surface area contributed by atoms with E-state index in [2.05, 4.69) is 40.2 Å². The Labute approximate surface area is 131 Å². The Hall–Kier alpha value is -1.69. The van der Waals surface area contributed by atoms with Crippen molar-refractivity contribution in [1.29, 1.82) is 0 Å². The van der Waals surface area contributed by atoms with Gasteiger partial charge in [-0.3, -0.25) is 4.79 Å². The number of hydrogen-bond donors (Lipinski definition) is 1. The molecule has 0 radical (unpaired) electrons. The van der Waals surface area contributed by atoms with Crippen LogP contribution >= 0.6 is 15.9 Å². The number of rotatable bonds is 5. The van der Waals surface area contributed by atoms with Crippen LogP contribution in [0.1, 0.15) is 19.4 Å². The summed E-state index contributed by atoms with van der Waals surface area (Å²) in [5.41, 5.74) is 1.32. The van der Waals surface area contributed by atoms with E-state index in [1.807, 2.05) is 0 Å². The minimum absolute atomic E-state index is 0.194. The van der Waals surface area contributed by atoms with Crippen LogP contribution in [0.15, 0.2) is 39.7 Å². The molecule has 1 aromatic carbocycles. The third-order valence-corrected chi connectivity index (χ3v) is 3.66. The first-order valence-electron chi connectivity index (χ1n) is 6.70. The SMILES string of the molecule is CC(C)CNc1cnn(Cc2ccc(F)cc2Br)c(=O)c1. The monoisotopic (exact) mass is 353 g/mol. The molecule has 1 N–H and O–H groups in total. The molecular weight excluding hydrogens is 337 g/mol. The Balaban J connectivity index is 2.16. The smallest absolute Gasteiger partial charge is 0.269 e. The van der Waals surface area contributed by atoms with Gasteiger partial charge in [0, 0.05) is 17.1 Å². The molecule has 0 unspecified atom stereocenters. The largest absolute Gasteiger partial charge is 0.383 e. The van der Waals surface area contributed by atoms with E-state index in [0.29, 0.717) is 22.6 Å². The highest BCUT2D eigenvalue weighted by Crippen LogP contribution is 2.18. The lowest BCUT2D eigenvalue weighted by atomic mass is 10.2. The lowest BCUT2D eigenvalue weighted by Gasteiger charge is -2.10. The van der Waals surface area contributed by atoms with E-state index in [9.17, 15) is 9.18 Å². The first-order chi connectivity index (χ1) is 9.95. The molecule has 0 atom stereocenters. The number of benzene rings is 1. The number of halogens is 2. The molecule has 0 aliphatic rings. The molecule has 0 aliphatic carbocycles. The fourth-order valence-corrected chi connectivity index (χ4v) is 2.26. The topological polar surface area (TPSA) is 46.9 Å². The summed E-state index contributed by atoms with van der Waals surface area (Å²) in [6.07, 6.45) is 1.63. The van der Waals surface area contributed by atoms with Crippen LogP contribution in [0.5, 0.6) is 0 Å². The van der Waals surface area contributed by atoms with Crippen molar-refractivity contribution in [3.05, 3.63) is 56.7 Å². The van der Waals surface area contributed by atoms with Gasteiger partial charge in [-0.25, -0.2) is 9.07 Å². The van der Waals surface area contributed by atoms with E-state index in [-0.39, 0.29) is 11.4 Å². The number of nitrogens with one attached hydrogen (secondary N) is 1. The molecule has 2 rings (SSSR count). The summed E-state index contributed by atoms with van der Waals surface area (Å²) in [6.45, 7) is 5.26. The minimum atomic E-state index is -0.320. The fourth-order valence-electron chi connectivity index (χ4n) is 1.78. The summed E-state index contributed by atoms with van der Waals surface area (Å²) in [7, 11) is 0. The van der Waals surface area contributed by atoms with Gasteiger partial charge in [-0.05, 0) is 23.6 Å². The molecule has 0 spiro atoms. The maximum Gasteiger partial charge on any atom is 0.269 e. The summed E-state index contributed by atoms with van der Waals surface area (Å²) >= 11 is 3.29. The predicted molar refractivity (Wildman–Crippen MR) is 85.0 cm³/mol. The Bertz CT molecular complexity index is 685. The fraction of sp³-hybridized carbons (Fsp3) is 0.333. The average molecular weight is 354 g/mol. The van der Waals surface area contributed by atoms with Crippen molar-refractivity contribution in [3.63, 3.8) is 0 Å². The van der Waals surface area contributed by atoms with Gasteiger partial charge in [-0.1, -0.05) is 35.8 Å². The first-order valence-corrected chi connectivity index (χ1v) is 7.50. The molecule has 4 nitrogen and oxygen atoms in total. The van der Waals surface area contributed by atoms with E-state index in [1.165, 1.54) is 22.9 Å². The summed E-state index contributed by atoms with van der Waals surface area (Å²) in [5, 5.41) is 7.30. The van der Waals surface area contributed by atoms with Crippen LogP contribution in [0.4, 0.5) is 10.1 Å². The van der Waals surface area contributed by atoms with Gasteiger partial charge in [0.05, 0.1) is 18.4 Å². The van der Waals surface area contributed by atoms with Crippen molar-refractivity contribution in [2.45, 2.75) is 20.4 Å². The normalized spacial score (nSPS) is 10.9. The highest BCUT2D eigenvalue weighted by Gasteiger charge is 2.06. The van der Waals surface area contributed by atoms with Crippen LogP contribution < -0.4 is 10.9 Å². The molecule has 1 heterocycles. The second kappa shape index (κ2) is 6.85. The molecule has 0 fully saturated rings. The van der Waals surface area contributed by atoms with Crippen LogP contribution in [0.25, 0.3) is 0 Å². The maximum absolute atomic E-state index is 13.0. The predicted octanol–water partition coefficient (Wildman–Crippen LogP) is 3.26. The summed E-state index contributed by atoms with van der Waals surface area (Å²) < 4.78 is 15.0. The van der Waals surface area contributed by atoms with Gasteiger partial charge in [0.1, 0.15) is 5.82 Å². The van der Waals surface area contributed by atoms with Crippen LogP contribution in [-0.2, 0) is 6.54 Å². The van der Waals surface area contributed by atoms with Crippen molar-refractivity contribution < 1.29 is 4.39 Å². The van der Waals surface area contributed by atoms with Gasteiger partial charge in [0.15, 0.2) is 0 Å². The number of anilines is 1. The van der Waals surface area contributed by atoms with Gasteiger partial charge < -0.3 is 5.32 Å². The van der Waals surface area contributed by atoms with E-state index < -0.39 is 0 Å². The highest BCUT2D eigenvalue weighted by molar-refractivity contribution is 9.10. The van der Waals surface area contributed by atoms with E-state index in [0.717, 1.165) is 12.1 Å². The Morgan fingerprint density at radius 1 is 1.38 bits per heavy atom. The molecule has 112 valence electrons. The lowest BCUT2D eigenvalue weighted by Crippen LogP contribution is -2.23. The van der Waals surface area contributed by atoms with Crippen molar-refractivity contribution in [2.24, 2.45) is 5.92 Å². The zero-order valence-corrected chi connectivity index (χ0v) is 13.5. The van der Waals surface area contributed by atoms with Crippen molar-refractivity contribution in [1.82, 2.24) is 9.78 Å². The Morgan fingerprint density at radius 2 is 2.14 bits per heavy atom. The second-order valence-corrected chi connectivity index (χ2v) is 6.10. The van der Waals surface area contributed by atoms with Crippen molar-refractivity contribution in [3.8, 4) is 0 Å². The standard InChI is InChI=1S/C15H17BrFN3O/c1-10(2)7-18-13-6-15(21)20(19-8-13)9-11-3-4-12(17)5-14(11)16/h3-6,8,10,18H,7,9H2,1-2H3. The molecule has 6 heteroatoms. The molecule has 1 aromatic heterocycles. The van der Waals surface area contributed by atoms with E-state index in [1.54, 1.807) is 12.3 Å².